The molecule has 1 saturated heterocycles. The zero-order valence-electron chi connectivity index (χ0n) is 17.4. The third-order valence-electron chi connectivity index (χ3n) is 6.81. The van der Waals surface area contributed by atoms with Crippen molar-refractivity contribution in [2.75, 3.05) is 25.0 Å². The Morgan fingerprint density at radius 3 is 2.55 bits per heavy atom. The molecule has 2 aromatic carbocycles. The van der Waals surface area contributed by atoms with Gasteiger partial charge in [-0.15, -0.1) is 0 Å². The number of rotatable bonds is 6. The van der Waals surface area contributed by atoms with Crippen LogP contribution in [0.2, 0.25) is 0 Å². The molecular formula is C26H33N3. The Balaban J connectivity index is 1.44. The van der Waals surface area contributed by atoms with Gasteiger partial charge in [0.1, 0.15) is 0 Å². The van der Waals surface area contributed by atoms with E-state index >= 15 is 0 Å². The Morgan fingerprint density at radius 1 is 0.966 bits per heavy atom. The van der Waals surface area contributed by atoms with Gasteiger partial charge < -0.3 is 15.5 Å². The number of nitrogens with one attached hydrogen (secondary N) is 2. The number of anilines is 1. The Kier molecular flexibility index (Phi) is 5.58. The number of nitrogens with zero attached hydrogens (tertiary/aromatic N) is 1. The maximum Gasteiger partial charge on any atom is 0.0427 e. The van der Waals surface area contributed by atoms with Crippen molar-refractivity contribution in [3.8, 4) is 0 Å². The normalized spacial score (nSPS) is 19.7. The van der Waals surface area contributed by atoms with Crippen LogP contribution < -0.4 is 10.6 Å². The van der Waals surface area contributed by atoms with Crippen LogP contribution in [0.15, 0.2) is 42.5 Å². The minimum absolute atomic E-state index is 0.646. The summed E-state index contributed by atoms with van der Waals surface area (Å²) in [6.07, 6.45) is 11.6. The van der Waals surface area contributed by atoms with E-state index in [0.29, 0.717) is 6.04 Å². The van der Waals surface area contributed by atoms with Gasteiger partial charge in [0.2, 0.25) is 0 Å². The van der Waals surface area contributed by atoms with Crippen LogP contribution in [0.1, 0.15) is 60.8 Å². The first-order valence-electron chi connectivity index (χ1n) is 11.5. The van der Waals surface area contributed by atoms with Crippen molar-refractivity contribution in [1.82, 2.24) is 10.2 Å². The van der Waals surface area contributed by atoms with E-state index in [1.54, 1.807) is 0 Å². The Hall–Kier alpha value is -2.26. The summed E-state index contributed by atoms with van der Waals surface area (Å²) < 4.78 is 0. The van der Waals surface area contributed by atoms with Crippen LogP contribution >= 0.6 is 0 Å². The zero-order chi connectivity index (χ0) is 19.5. The molecule has 1 saturated carbocycles. The molecule has 0 unspecified atom stereocenters. The standard InChI is InChI=1S/C26H33N3/c1-2-8-21(9-3-1)25-18-22-16-20(12-15-29-13-6-7-14-29)17-26(24(22)19-27-25)28-23-10-4-5-11-23/h1-3,8-9,16-18,23,27-28H,4-7,10-15,19H2. The maximum atomic E-state index is 3.91. The van der Waals surface area contributed by atoms with Gasteiger partial charge in [-0.05, 0) is 74.0 Å². The van der Waals surface area contributed by atoms with Gasteiger partial charge in [0.05, 0.1) is 0 Å². The minimum Gasteiger partial charge on any atom is -0.382 e. The molecule has 3 heteroatoms. The van der Waals surface area contributed by atoms with Gasteiger partial charge in [0, 0.05) is 36.1 Å². The number of benzene rings is 2. The summed E-state index contributed by atoms with van der Waals surface area (Å²) in [5.74, 6) is 0. The summed E-state index contributed by atoms with van der Waals surface area (Å²) in [4.78, 5) is 2.62. The largest absolute Gasteiger partial charge is 0.382 e. The molecule has 2 N–H and O–H groups in total. The molecule has 2 heterocycles. The number of hydrogen-bond donors (Lipinski definition) is 2. The van der Waals surface area contributed by atoms with Crippen LogP contribution in [0.25, 0.3) is 11.8 Å². The van der Waals surface area contributed by atoms with Gasteiger partial charge >= 0.3 is 0 Å². The SMILES string of the molecule is C1=C(c2ccccc2)NCc2c1cc(CCN1CCCC1)cc2NC1CCCC1. The smallest absolute Gasteiger partial charge is 0.0427 e. The second kappa shape index (κ2) is 8.62. The number of likely N-dealkylation sites (tertiary alicyclic amines) is 1. The molecule has 3 aliphatic rings. The fourth-order valence-corrected chi connectivity index (χ4v) is 5.13. The van der Waals surface area contributed by atoms with Crippen molar-refractivity contribution >= 4 is 17.5 Å². The number of hydrogen-bond acceptors (Lipinski definition) is 3. The van der Waals surface area contributed by atoms with Crippen LogP contribution in [0.3, 0.4) is 0 Å². The van der Waals surface area contributed by atoms with Crippen LogP contribution in [0.4, 0.5) is 5.69 Å². The minimum atomic E-state index is 0.646. The average molecular weight is 388 g/mol. The molecule has 2 aliphatic heterocycles. The van der Waals surface area contributed by atoms with E-state index in [-0.39, 0.29) is 0 Å². The van der Waals surface area contributed by atoms with E-state index < -0.39 is 0 Å². The fourth-order valence-electron chi connectivity index (χ4n) is 5.13. The quantitative estimate of drug-likeness (QED) is 0.706. The van der Waals surface area contributed by atoms with Crippen molar-refractivity contribution in [2.24, 2.45) is 0 Å². The summed E-state index contributed by atoms with van der Waals surface area (Å²) in [6, 6.07) is 16.2. The molecule has 0 aromatic heterocycles. The third-order valence-corrected chi connectivity index (χ3v) is 6.81. The highest BCUT2D eigenvalue weighted by molar-refractivity contribution is 5.85. The van der Waals surface area contributed by atoms with Gasteiger partial charge in [0.15, 0.2) is 0 Å². The molecule has 29 heavy (non-hydrogen) atoms. The molecular weight excluding hydrogens is 354 g/mol. The van der Waals surface area contributed by atoms with E-state index in [0.717, 1.165) is 13.0 Å². The van der Waals surface area contributed by atoms with Crippen molar-refractivity contribution in [3.05, 3.63) is 64.7 Å². The van der Waals surface area contributed by atoms with Crippen LogP contribution in [-0.2, 0) is 13.0 Å². The van der Waals surface area contributed by atoms with Gasteiger partial charge in [-0.25, -0.2) is 0 Å². The Morgan fingerprint density at radius 2 is 1.76 bits per heavy atom. The molecule has 2 fully saturated rings. The molecule has 5 rings (SSSR count). The van der Waals surface area contributed by atoms with Crippen LogP contribution in [-0.4, -0.2) is 30.6 Å². The van der Waals surface area contributed by atoms with E-state index in [2.05, 4.69) is 64.1 Å². The predicted molar refractivity (Wildman–Crippen MR) is 123 cm³/mol. The van der Waals surface area contributed by atoms with Crippen molar-refractivity contribution < 1.29 is 0 Å². The Labute approximate surface area is 175 Å². The Bertz CT molecular complexity index is 859. The topological polar surface area (TPSA) is 27.3 Å². The van der Waals surface area contributed by atoms with E-state index in [4.69, 9.17) is 0 Å². The predicted octanol–water partition coefficient (Wildman–Crippen LogP) is 5.28. The molecule has 3 nitrogen and oxygen atoms in total. The van der Waals surface area contributed by atoms with Crippen molar-refractivity contribution in [3.63, 3.8) is 0 Å². The molecule has 0 amide bonds. The monoisotopic (exact) mass is 387 g/mol. The number of fused-ring (bicyclic) bond motifs is 1. The maximum absolute atomic E-state index is 3.91. The van der Waals surface area contributed by atoms with Crippen molar-refractivity contribution in [2.45, 2.75) is 57.5 Å². The van der Waals surface area contributed by atoms with Crippen LogP contribution in [0, 0.1) is 0 Å². The van der Waals surface area contributed by atoms with E-state index in [1.807, 2.05) is 0 Å². The van der Waals surface area contributed by atoms with Gasteiger partial charge in [-0.3, -0.25) is 0 Å². The lowest BCUT2D eigenvalue weighted by molar-refractivity contribution is 0.343. The molecule has 2 aromatic rings. The summed E-state index contributed by atoms with van der Waals surface area (Å²) >= 11 is 0. The summed E-state index contributed by atoms with van der Waals surface area (Å²) in [6.45, 7) is 4.65. The second-order valence-corrected chi connectivity index (χ2v) is 8.91. The fraction of sp³-hybridized carbons (Fsp3) is 0.462. The molecule has 0 radical (unpaired) electrons. The molecule has 152 valence electrons. The zero-order valence-corrected chi connectivity index (χ0v) is 17.4. The lowest BCUT2D eigenvalue weighted by Gasteiger charge is -2.26. The molecule has 0 atom stereocenters. The van der Waals surface area contributed by atoms with E-state index in [9.17, 15) is 0 Å². The lowest BCUT2D eigenvalue weighted by atomic mass is 9.94. The van der Waals surface area contributed by atoms with Gasteiger partial charge in [0.25, 0.3) is 0 Å². The highest BCUT2D eigenvalue weighted by Crippen LogP contribution is 2.33. The van der Waals surface area contributed by atoms with E-state index in [1.165, 1.54) is 91.8 Å². The van der Waals surface area contributed by atoms with Gasteiger partial charge in [-0.2, -0.15) is 0 Å². The third kappa shape index (κ3) is 4.35. The first kappa shape index (κ1) is 18.7. The molecule has 1 aliphatic carbocycles. The summed E-state index contributed by atoms with van der Waals surface area (Å²) in [5.41, 5.74) is 8.17. The first-order chi connectivity index (χ1) is 14.3. The summed E-state index contributed by atoms with van der Waals surface area (Å²) in [5, 5.41) is 7.58. The van der Waals surface area contributed by atoms with Crippen LogP contribution in [0.5, 0.6) is 0 Å². The molecule has 0 spiro atoms. The highest BCUT2D eigenvalue weighted by Gasteiger charge is 2.20. The summed E-state index contributed by atoms with van der Waals surface area (Å²) in [7, 11) is 0. The van der Waals surface area contributed by atoms with Crippen molar-refractivity contribution in [1.29, 1.82) is 0 Å². The average Bonchev–Trinajstić information content (AvgIpc) is 3.47. The highest BCUT2D eigenvalue weighted by atomic mass is 15.1. The lowest BCUT2D eigenvalue weighted by Crippen LogP contribution is -2.23. The molecule has 0 bridgehead atoms. The van der Waals surface area contributed by atoms with Gasteiger partial charge in [-0.1, -0.05) is 49.2 Å². The second-order valence-electron chi connectivity index (χ2n) is 8.91. The first-order valence-corrected chi connectivity index (χ1v) is 11.5.